The van der Waals surface area contributed by atoms with Crippen LogP contribution in [0.25, 0.3) is 50.0 Å². The Kier molecular flexibility index (Phi) is 9.41. The molecule has 3 heterocycles. The summed E-state index contributed by atoms with van der Waals surface area (Å²) in [6, 6.07) is 15.9. The van der Waals surface area contributed by atoms with Crippen molar-refractivity contribution < 1.29 is 4.39 Å². The van der Waals surface area contributed by atoms with Gasteiger partial charge in [-0.1, -0.05) is 69.0 Å². The minimum atomic E-state index is -0.217. The van der Waals surface area contributed by atoms with E-state index in [1.54, 1.807) is 18.3 Å². The van der Waals surface area contributed by atoms with Gasteiger partial charge >= 0.3 is 0 Å². The highest BCUT2D eigenvalue weighted by atomic mass is 19.1. The summed E-state index contributed by atoms with van der Waals surface area (Å²) in [5, 5.41) is 9.92. The van der Waals surface area contributed by atoms with Crippen LogP contribution in [0.4, 0.5) is 4.39 Å². The van der Waals surface area contributed by atoms with E-state index in [4.69, 9.17) is 5.10 Å². The van der Waals surface area contributed by atoms with Crippen LogP contribution in [0.2, 0.25) is 0 Å². The maximum Gasteiger partial charge on any atom is 0.138 e. The molecule has 6 rings (SSSR count). The molecule has 2 aromatic carbocycles. The second-order valence-electron chi connectivity index (χ2n) is 12.8. The molecule has 1 aliphatic carbocycles. The Hall–Kier alpha value is -4.29. The number of hydrogen-bond acceptors (Lipinski definition) is 3. The van der Waals surface area contributed by atoms with Gasteiger partial charge in [0.05, 0.1) is 11.2 Å². The highest BCUT2D eigenvalue weighted by Gasteiger charge is 2.17. The number of aromatic nitrogens is 4. The number of H-pyrrole nitrogens is 2. The molecule has 0 bridgehead atoms. The van der Waals surface area contributed by atoms with Gasteiger partial charge in [-0.3, -0.25) is 5.10 Å². The van der Waals surface area contributed by atoms with Crippen molar-refractivity contribution in [3.8, 4) is 22.5 Å². The van der Waals surface area contributed by atoms with E-state index in [2.05, 4.69) is 90.0 Å². The van der Waals surface area contributed by atoms with Crippen LogP contribution in [0, 0.1) is 11.7 Å². The van der Waals surface area contributed by atoms with Crippen molar-refractivity contribution >= 4 is 27.5 Å². The van der Waals surface area contributed by atoms with E-state index in [1.165, 1.54) is 43.3 Å². The number of allylic oxidation sites excluding steroid dienone is 5. The smallest absolute Gasteiger partial charge is 0.138 e. The summed E-state index contributed by atoms with van der Waals surface area (Å²) < 4.78 is 14.8. The average molecular weight is 602 g/mol. The Morgan fingerprint density at radius 2 is 1.89 bits per heavy atom. The predicted molar refractivity (Wildman–Crippen MR) is 187 cm³/mol. The van der Waals surface area contributed by atoms with Crippen molar-refractivity contribution in [3.05, 3.63) is 102 Å². The standard InChI is InChI=1S/C39H44FN5/c1-5-26(19-27-11-8-7-9-12-27)20-29(6-2)30-14-15-36-35(24-30)38(44-43-36)37-25-34-33(16-17-41-39(34)42-37)31-21-28(22-32(40)23-31)13-10-18-45(3)4/h5-6,14-17,20-25,27H,1,7-13,18-19H2,2-4H3,(H,41,42)(H,43,44)/b26-20+,29-6+. The molecule has 45 heavy (non-hydrogen) atoms. The van der Waals surface area contributed by atoms with Gasteiger partial charge in [-0.05, 0) is 123 Å². The van der Waals surface area contributed by atoms with Gasteiger partial charge in [-0.2, -0.15) is 5.10 Å². The van der Waals surface area contributed by atoms with E-state index >= 15 is 0 Å². The van der Waals surface area contributed by atoms with Crippen LogP contribution in [0.3, 0.4) is 0 Å². The van der Waals surface area contributed by atoms with E-state index in [0.717, 1.165) is 87.3 Å². The van der Waals surface area contributed by atoms with E-state index in [-0.39, 0.29) is 5.82 Å². The Morgan fingerprint density at radius 1 is 1.04 bits per heavy atom. The van der Waals surface area contributed by atoms with Gasteiger partial charge in [-0.25, -0.2) is 9.37 Å². The number of nitrogens with zero attached hydrogens (tertiary/aromatic N) is 3. The maximum absolute atomic E-state index is 14.8. The minimum Gasteiger partial charge on any atom is -0.338 e. The number of nitrogens with one attached hydrogen (secondary N) is 2. The molecule has 232 valence electrons. The molecule has 3 aromatic heterocycles. The molecule has 0 spiro atoms. The zero-order chi connectivity index (χ0) is 31.3. The lowest BCUT2D eigenvalue weighted by Gasteiger charge is -2.22. The van der Waals surface area contributed by atoms with Crippen LogP contribution < -0.4 is 0 Å². The van der Waals surface area contributed by atoms with Crippen LogP contribution in [0.5, 0.6) is 0 Å². The molecule has 6 heteroatoms. The van der Waals surface area contributed by atoms with Crippen molar-refractivity contribution in [2.45, 2.75) is 58.3 Å². The normalized spacial score (nSPS) is 15.0. The van der Waals surface area contributed by atoms with Gasteiger partial charge in [0.15, 0.2) is 0 Å². The van der Waals surface area contributed by atoms with Gasteiger partial charge in [0.25, 0.3) is 0 Å². The van der Waals surface area contributed by atoms with Crippen molar-refractivity contribution in [3.63, 3.8) is 0 Å². The number of aryl methyl sites for hydroxylation is 1. The predicted octanol–water partition coefficient (Wildman–Crippen LogP) is 9.89. The molecule has 5 nitrogen and oxygen atoms in total. The summed E-state index contributed by atoms with van der Waals surface area (Å²) in [6.07, 6.45) is 17.9. The monoisotopic (exact) mass is 601 g/mol. The molecule has 0 radical (unpaired) electrons. The van der Waals surface area contributed by atoms with E-state index in [1.807, 2.05) is 12.1 Å². The lowest BCUT2D eigenvalue weighted by molar-refractivity contribution is 0.358. The number of pyridine rings is 1. The number of rotatable bonds is 11. The summed E-state index contributed by atoms with van der Waals surface area (Å²) in [5.74, 6) is 0.540. The Bertz CT molecular complexity index is 1870. The Balaban J connectivity index is 1.33. The third kappa shape index (κ3) is 7.02. The number of fused-ring (bicyclic) bond motifs is 2. The average Bonchev–Trinajstić information content (AvgIpc) is 3.67. The number of benzene rings is 2. The fourth-order valence-corrected chi connectivity index (χ4v) is 6.81. The molecule has 1 fully saturated rings. The zero-order valence-corrected chi connectivity index (χ0v) is 26.8. The molecule has 0 atom stereocenters. The first-order valence-electron chi connectivity index (χ1n) is 16.3. The topological polar surface area (TPSA) is 60.6 Å². The highest BCUT2D eigenvalue weighted by molar-refractivity contribution is 6.00. The Labute approximate surface area is 266 Å². The molecule has 0 unspecified atom stereocenters. The lowest BCUT2D eigenvalue weighted by Crippen LogP contribution is -2.13. The number of halogens is 1. The lowest BCUT2D eigenvalue weighted by atomic mass is 9.84. The first-order valence-corrected chi connectivity index (χ1v) is 16.3. The summed E-state index contributed by atoms with van der Waals surface area (Å²) in [7, 11) is 4.12. The summed E-state index contributed by atoms with van der Waals surface area (Å²) >= 11 is 0. The molecule has 5 aromatic rings. The fraction of sp³-hybridized carbons (Fsp3) is 0.333. The summed E-state index contributed by atoms with van der Waals surface area (Å²) in [6.45, 7) is 7.20. The van der Waals surface area contributed by atoms with Crippen molar-refractivity contribution in [1.82, 2.24) is 25.1 Å². The number of hydrogen-bond donors (Lipinski definition) is 2. The van der Waals surface area contributed by atoms with Crippen LogP contribution in [0.15, 0.2) is 85.1 Å². The van der Waals surface area contributed by atoms with Crippen LogP contribution in [-0.4, -0.2) is 45.7 Å². The first-order chi connectivity index (χ1) is 21.9. The van der Waals surface area contributed by atoms with Crippen LogP contribution in [0.1, 0.15) is 63.0 Å². The first kappa shape index (κ1) is 30.7. The van der Waals surface area contributed by atoms with Gasteiger partial charge in [0, 0.05) is 17.0 Å². The highest BCUT2D eigenvalue weighted by Crippen LogP contribution is 2.36. The number of aromatic amines is 2. The summed E-state index contributed by atoms with van der Waals surface area (Å²) in [4.78, 5) is 10.3. The van der Waals surface area contributed by atoms with Crippen LogP contribution in [-0.2, 0) is 6.42 Å². The van der Waals surface area contributed by atoms with Crippen molar-refractivity contribution in [1.29, 1.82) is 0 Å². The van der Waals surface area contributed by atoms with Gasteiger partial charge in [0.2, 0.25) is 0 Å². The van der Waals surface area contributed by atoms with Gasteiger partial charge in [-0.15, -0.1) is 0 Å². The largest absolute Gasteiger partial charge is 0.338 e. The quantitative estimate of drug-likeness (QED) is 0.148. The molecule has 0 aliphatic heterocycles. The molecular formula is C39H44FN5. The minimum absolute atomic E-state index is 0.217. The molecule has 0 saturated heterocycles. The van der Waals surface area contributed by atoms with Gasteiger partial charge < -0.3 is 9.88 Å². The second kappa shape index (κ2) is 13.8. The molecule has 2 N–H and O–H groups in total. The molecule has 1 saturated carbocycles. The van der Waals surface area contributed by atoms with E-state index in [0.29, 0.717) is 0 Å². The second-order valence-corrected chi connectivity index (χ2v) is 12.8. The van der Waals surface area contributed by atoms with E-state index in [9.17, 15) is 4.39 Å². The third-order valence-electron chi connectivity index (χ3n) is 9.19. The van der Waals surface area contributed by atoms with E-state index < -0.39 is 0 Å². The molecular weight excluding hydrogens is 557 g/mol. The SMILES string of the molecule is C=C/C(=C\C(=C/C)c1ccc2[nH]nc(-c3cc4c(-c5cc(F)cc(CCCN(C)C)c5)ccnc4[nH]3)c2c1)CC1CCCCC1. The zero-order valence-electron chi connectivity index (χ0n) is 26.8. The summed E-state index contributed by atoms with van der Waals surface area (Å²) in [5.41, 5.74) is 9.88. The maximum atomic E-state index is 14.8. The Morgan fingerprint density at radius 3 is 2.67 bits per heavy atom. The third-order valence-corrected chi connectivity index (χ3v) is 9.19. The van der Waals surface area contributed by atoms with Crippen LogP contribution >= 0.6 is 0 Å². The molecule has 0 amide bonds. The van der Waals surface area contributed by atoms with Crippen molar-refractivity contribution in [2.24, 2.45) is 5.92 Å². The molecule has 1 aliphatic rings. The fourth-order valence-electron chi connectivity index (χ4n) is 6.81. The van der Waals surface area contributed by atoms with Crippen molar-refractivity contribution in [2.75, 3.05) is 20.6 Å². The van der Waals surface area contributed by atoms with Gasteiger partial charge in [0.1, 0.15) is 17.2 Å².